The summed E-state index contributed by atoms with van der Waals surface area (Å²) in [7, 11) is -0.341. The van der Waals surface area contributed by atoms with Gasteiger partial charge in [-0.1, -0.05) is 35.3 Å². The zero-order valence-electron chi connectivity index (χ0n) is 19.6. The van der Waals surface area contributed by atoms with E-state index in [2.05, 4.69) is 10.0 Å². The zero-order chi connectivity index (χ0) is 27.5. The van der Waals surface area contributed by atoms with E-state index in [1.165, 1.54) is 27.3 Å². The summed E-state index contributed by atoms with van der Waals surface area (Å²) in [5, 5.41) is 1.79. The first-order chi connectivity index (χ1) is 17.4. The summed E-state index contributed by atoms with van der Waals surface area (Å²) in [4.78, 5) is 48.2. The average molecular weight is 571 g/mol. The number of ether oxygens (including phenoxy) is 2. The van der Waals surface area contributed by atoms with E-state index >= 15 is 0 Å². The first-order valence-corrected chi connectivity index (χ1v) is 12.5. The Bertz CT molecular complexity index is 1620. The molecule has 0 atom stereocenters. The number of nitrogens with zero attached hydrogens (tertiary/aromatic N) is 2. The highest BCUT2D eigenvalue weighted by Crippen LogP contribution is 2.32. The molecule has 15 heteroatoms. The van der Waals surface area contributed by atoms with E-state index in [0.29, 0.717) is 0 Å². The predicted molar refractivity (Wildman–Crippen MR) is 136 cm³/mol. The summed E-state index contributed by atoms with van der Waals surface area (Å²) >= 11 is 12.2. The number of methoxy groups -OCH3 is 1. The van der Waals surface area contributed by atoms with Crippen LogP contribution in [0.3, 0.4) is 0 Å². The van der Waals surface area contributed by atoms with Gasteiger partial charge in [0.15, 0.2) is 6.61 Å². The average Bonchev–Trinajstić information content (AvgIpc) is 2.84. The standard InChI is InChI=1S/C22H20Cl2N4O8S/c1-27-18(10-20(30)28(2)22(27)32)25-19(29)11-36-21(31)12-8-17(14(24)9-13(12)23)37(33,34)26-15-6-4-5-7-16(15)35-3/h4-10,26H,11H2,1-3H3,(H,25,29). The fraction of sp³-hybridized carbons (Fsp3) is 0.182. The number of hydrogen-bond donors (Lipinski definition) is 2. The highest BCUT2D eigenvalue weighted by atomic mass is 35.5. The van der Waals surface area contributed by atoms with E-state index in [4.69, 9.17) is 32.7 Å². The molecule has 0 aliphatic heterocycles. The molecular weight excluding hydrogens is 551 g/mol. The third-order valence-corrected chi connectivity index (χ3v) is 7.15. The van der Waals surface area contributed by atoms with Gasteiger partial charge in [0.05, 0.1) is 28.4 Å². The van der Waals surface area contributed by atoms with Crippen molar-refractivity contribution in [2.45, 2.75) is 4.90 Å². The summed E-state index contributed by atoms with van der Waals surface area (Å²) in [5.41, 5.74) is -1.58. The van der Waals surface area contributed by atoms with Gasteiger partial charge >= 0.3 is 11.7 Å². The molecule has 1 aromatic heterocycles. The lowest BCUT2D eigenvalue weighted by Crippen LogP contribution is -2.38. The van der Waals surface area contributed by atoms with Crippen LogP contribution in [-0.4, -0.2) is 43.1 Å². The smallest absolute Gasteiger partial charge is 0.340 e. The molecule has 0 aliphatic rings. The third kappa shape index (κ3) is 6.13. The maximum absolute atomic E-state index is 13.0. The third-order valence-electron chi connectivity index (χ3n) is 5.01. The number of esters is 1. The molecule has 2 N–H and O–H groups in total. The minimum Gasteiger partial charge on any atom is -0.495 e. The summed E-state index contributed by atoms with van der Waals surface area (Å²) < 4.78 is 40.2. The predicted octanol–water partition coefficient (Wildman–Crippen LogP) is 2.00. The van der Waals surface area contributed by atoms with Gasteiger partial charge in [-0.25, -0.2) is 18.0 Å². The van der Waals surface area contributed by atoms with Crippen molar-refractivity contribution in [1.29, 1.82) is 0 Å². The lowest BCUT2D eigenvalue weighted by atomic mass is 10.2. The molecule has 0 unspecified atom stereocenters. The molecule has 0 aliphatic carbocycles. The Balaban J connectivity index is 1.80. The first-order valence-electron chi connectivity index (χ1n) is 10.2. The second-order valence-corrected chi connectivity index (χ2v) is 9.93. The fourth-order valence-electron chi connectivity index (χ4n) is 3.06. The maximum Gasteiger partial charge on any atom is 0.340 e. The van der Waals surface area contributed by atoms with Crippen molar-refractivity contribution in [1.82, 2.24) is 9.13 Å². The zero-order valence-corrected chi connectivity index (χ0v) is 21.9. The molecular formula is C22H20Cl2N4O8S. The molecule has 37 heavy (non-hydrogen) atoms. The molecule has 0 bridgehead atoms. The second-order valence-electron chi connectivity index (χ2n) is 7.46. The van der Waals surface area contributed by atoms with E-state index in [1.54, 1.807) is 18.2 Å². The molecule has 0 radical (unpaired) electrons. The van der Waals surface area contributed by atoms with Gasteiger partial charge in [0, 0.05) is 20.2 Å². The van der Waals surface area contributed by atoms with Crippen molar-refractivity contribution in [2.24, 2.45) is 14.1 Å². The number of amides is 1. The Morgan fingerprint density at radius 1 is 1.00 bits per heavy atom. The van der Waals surface area contributed by atoms with Crippen molar-refractivity contribution < 1.29 is 27.5 Å². The van der Waals surface area contributed by atoms with E-state index in [1.807, 2.05) is 0 Å². The number of benzene rings is 2. The number of sulfonamides is 1. The Morgan fingerprint density at radius 2 is 1.68 bits per heavy atom. The van der Waals surface area contributed by atoms with Gasteiger partial charge in [-0.15, -0.1) is 0 Å². The van der Waals surface area contributed by atoms with E-state index in [9.17, 15) is 27.6 Å². The van der Waals surface area contributed by atoms with Crippen LogP contribution in [0.25, 0.3) is 0 Å². The molecule has 0 fully saturated rings. The van der Waals surface area contributed by atoms with E-state index in [0.717, 1.165) is 27.3 Å². The number of carbonyl (C=O) groups excluding carboxylic acids is 2. The number of nitrogens with one attached hydrogen (secondary N) is 2. The fourth-order valence-corrected chi connectivity index (χ4v) is 4.98. The lowest BCUT2D eigenvalue weighted by molar-refractivity contribution is -0.119. The normalized spacial score (nSPS) is 11.1. The molecule has 0 spiro atoms. The van der Waals surface area contributed by atoms with Crippen LogP contribution in [0.2, 0.25) is 10.0 Å². The number of halogens is 2. The van der Waals surface area contributed by atoms with Crippen LogP contribution in [0.5, 0.6) is 5.75 Å². The molecule has 0 saturated carbocycles. The van der Waals surface area contributed by atoms with Crippen molar-refractivity contribution in [3.63, 3.8) is 0 Å². The molecule has 196 valence electrons. The number of anilines is 2. The Morgan fingerprint density at radius 3 is 2.35 bits per heavy atom. The molecule has 3 rings (SSSR count). The largest absolute Gasteiger partial charge is 0.495 e. The Kier molecular flexibility index (Phi) is 8.31. The Labute approximate surface area is 220 Å². The number of hydrogen-bond acceptors (Lipinski definition) is 8. The highest BCUT2D eigenvalue weighted by Gasteiger charge is 2.25. The molecule has 1 amide bonds. The van der Waals surface area contributed by atoms with Gasteiger partial charge in [-0.2, -0.15) is 0 Å². The van der Waals surface area contributed by atoms with Crippen LogP contribution in [0, 0.1) is 0 Å². The summed E-state index contributed by atoms with van der Waals surface area (Å²) in [5.74, 6) is -1.86. The molecule has 12 nitrogen and oxygen atoms in total. The van der Waals surface area contributed by atoms with Crippen LogP contribution in [-0.2, 0) is 33.7 Å². The topological polar surface area (TPSA) is 155 Å². The van der Waals surface area contributed by atoms with Crippen LogP contribution < -0.4 is 26.0 Å². The lowest BCUT2D eigenvalue weighted by Gasteiger charge is -2.14. The minimum absolute atomic E-state index is 0.116. The van der Waals surface area contributed by atoms with Gasteiger partial charge in [-0.3, -0.25) is 23.4 Å². The Hall–Kier alpha value is -3.81. The van der Waals surface area contributed by atoms with E-state index < -0.39 is 44.7 Å². The second kappa shape index (κ2) is 11.1. The highest BCUT2D eigenvalue weighted by molar-refractivity contribution is 7.92. The monoisotopic (exact) mass is 570 g/mol. The molecule has 0 saturated heterocycles. The van der Waals surface area contributed by atoms with Gasteiger partial charge in [0.25, 0.3) is 21.5 Å². The van der Waals surface area contributed by atoms with Crippen LogP contribution in [0.1, 0.15) is 10.4 Å². The van der Waals surface area contributed by atoms with Crippen molar-refractivity contribution >= 4 is 56.6 Å². The number of carbonyl (C=O) groups is 2. The maximum atomic E-state index is 13.0. The van der Waals surface area contributed by atoms with E-state index in [-0.39, 0.29) is 32.9 Å². The number of aromatic nitrogens is 2. The van der Waals surface area contributed by atoms with Crippen LogP contribution in [0.4, 0.5) is 11.5 Å². The summed E-state index contributed by atoms with van der Waals surface area (Å²) in [6.45, 7) is -0.831. The quantitative estimate of drug-likeness (QED) is 0.389. The van der Waals surface area contributed by atoms with Crippen LogP contribution >= 0.6 is 23.2 Å². The van der Waals surface area contributed by atoms with Crippen LogP contribution in [0.15, 0.2) is 56.9 Å². The molecule has 3 aromatic rings. The van der Waals surface area contributed by atoms with Crippen molar-refractivity contribution in [2.75, 3.05) is 23.8 Å². The van der Waals surface area contributed by atoms with Gasteiger partial charge in [0.2, 0.25) is 0 Å². The molecule has 2 aromatic carbocycles. The van der Waals surface area contributed by atoms with Gasteiger partial charge < -0.3 is 14.8 Å². The number of para-hydroxylation sites is 2. The molecule has 1 heterocycles. The van der Waals surface area contributed by atoms with Crippen molar-refractivity contribution in [3.05, 3.63) is 78.9 Å². The minimum atomic E-state index is -4.31. The van der Waals surface area contributed by atoms with Crippen molar-refractivity contribution in [3.8, 4) is 5.75 Å². The number of rotatable bonds is 8. The first kappa shape index (κ1) is 27.8. The van der Waals surface area contributed by atoms with Gasteiger partial charge in [0.1, 0.15) is 16.5 Å². The summed E-state index contributed by atoms with van der Waals surface area (Å²) in [6, 6.07) is 9.21. The SMILES string of the molecule is COc1ccccc1NS(=O)(=O)c1cc(C(=O)OCC(=O)Nc2cc(=O)n(C)c(=O)n2C)c(Cl)cc1Cl. The van der Waals surface area contributed by atoms with Gasteiger partial charge in [-0.05, 0) is 24.3 Å². The summed E-state index contributed by atoms with van der Waals surface area (Å²) in [6.07, 6.45) is 0.